The van der Waals surface area contributed by atoms with Crippen LogP contribution >= 0.6 is 11.8 Å². The average Bonchev–Trinajstić information content (AvgIpc) is 3.01. The topological polar surface area (TPSA) is 12.0 Å². The van der Waals surface area contributed by atoms with E-state index in [1.54, 1.807) is 5.56 Å². The molecule has 2 aliphatic rings. The van der Waals surface area contributed by atoms with E-state index < -0.39 is 0 Å². The van der Waals surface area contributed by atoms with Gasteiger partial charge in [0.05, 0.1) is 0 Å². The number of rotatable bonds is 4. The molecule has 21 heavy (non-hydrogen) atoms. The fourth-order valence-electron chi connectivity index (χ4n) is 3.85. The van der Waals surface area contributed by atoms with Crippen LogP contribution < -0.4 is 5.32 Å². The molecule has 1 fully saturated rings. The van der Waals surface area contributed by atoms with Crippen LogP contribution in [0.25, 0.3) is 0 Å². The molecule has 1 N–H and O–H groups in total. The number of nitrogens with one attached hydrogen (secondary N) is 1. The van der Waals surface area contributed by atoms with Gasteiger partial charge >= 0.3 is 0 Å². The first-order valence-electron chi connectivity index (χ1n) is 8.51. The molecule has 0 spiro atoms. The van der Waals surface area contributed by atoms with Crippen molar-refractivity contribution >= 4 is 11.8 Å². The van der Waals surface area contributed by atoms with Gasteiger partial charge in [-0.2, -0.15) is 0 Å². The Labute approximate surface area is 134 Å². The van der Waals surface area contributed by atoms with Crippen molar-refractivity contribution < 1.29 is 0 Å². The predicted octanol–water partition coefficient (Wildman–Crippen LogP) is 4.90. The summed E-state index contributed by atoms with van der Waals surface area (Å²) < 4.78 is 0. The summed E-state index contributed by atoms with van der Waals surface area (Å²) in [5.41, 5.74) is 1.83. The van der Waals surface area contributed by atoms with Crippen molar-refractivity contribution in [2.45, 2.75) is 68.6 Å². The van der Waals surface area contributed by atoms with Gasteiger partial charge in [-0.25, -0.2) is 0 Å². The second kappa shape index (κ2) is 6.34. The third kappa shape index (κ3) is 4.04. The van der Waals surface area contributed by atoms with Crippen molar-refractivity contribution in [3.05, 3.63) is 29.8 Å². The smallest absolute Gasteiger partial charge is 0.0138 e. The fourth-order valence-corrected chi connectivity index (χ4v) is 5.28. The molecule has 0 aromatic heterocycles. The molecule has 0 saturated heterocycles. The fraction of sp³-hybridized carbons (Fsp3) is 0.684. The van der Waals surface area contributed by atoms with E-state index >= 15 is 0 Å². The second-order valence-corrected chi connectivity index (χ2v) is 9.21. The maximum Gasteiger partial charge on any atom is 0.0138 e. The van der Waals surface area contributed by atoms with Crippen LogP contribution in [0, 0.1) is 11.8 Å². The minimum atomic E-state index is 0.255. The number of benzene rings is 1. The minimum Gasteiger partial charge on any atom is -0.312 e. The van der Waals surface area contributed by atoms with Gasteiger partial charge in [0.15, 0.2) is 0 Å². The van der Waals surface area contributed by atoms with Crippen molar-refractivity contribution in [1.82, 2.24) is 5.32 Å². The highest BCUT2D eigenvalue weighted by Gasteiger charge is 2.32. The highest BCUT2D eigenvalue weighted by atomic mass is 32.2. The Hall–Kier alpha value is -0.470. The van der Waals surface area contributed by atoms with Gasteiger partial charge in [0.25, 0.3) is 0 Å². The van der Waals surface area contributed by atoms with Crippen LogP contribution in [-0.4, -0.2) is 17.3 Å². The molecule has 3 rings (SSSR count). The summed E-state index contributed by atoms with van der Waals surface area (Å²) in [6.45, 7) is 8.04. The Morgan fingerprint density at radius 1 is 1.14 bits per heavy atom. The van der Waals surface area contributed by atoms with E-state index in [-0.39, 0.29) is 5.54 Å². The van der Waals surface area contributed by atoms with Gasteiger partial charge in [0.1, 0.15) is 0 Å². The average molecular weight is 304 g/mol. The molecule has 0 radical (unpaired) electrons. The summed E-state index contributed by atoms with van der Waals surface area (Å²) in [6, 6.07) is 8.98. The third-order valence-corrected chi connectivity index (χ3v) is 6.34. The Morgan fingerprint density at radius 2 is 1.90 bits per heavy atom. The molecule has 1 aliphatic heterocycles. The SMILES string of the molecule is CC(C)(C)NCC1CCCC1CC1Cc2ccccc2S1. The summed E-state index contributed by atoms with van der Waals surface area (Å²) >= 11 is 2.13. The maximum absolute atomic E-state index is 3.73. The van der Waals surface area contributed by atoms with E-state index in [2.05, 4.69) is 62.1 Å². The van der Waals surface area contributed by atoms with Crippen LogP contribution in [0.15, 0.2) is 29.2 Å². The van der Waals surface area contributed by atoms with E-state index in [1.165, 1.54) is 43.5 Å². The van der Waals surface area contributed by atoms with E-state index in [1.807, 2.05) is 0 Å². The lowest BCUT2D eigenvalue weighted by atomic mass is 9.89. The molecular formula is C19H29NS. The van der Waals surface area contributed by atoms with Crippen LogP contribution in [0.4, 0.5) is 0 Å². The molecule has 2 heteroatoms. The lowest BCUT2D eigenvalue weighted by Gasteiger charge is -2.27. The first-order chi connectivity index (χ1) is 10.0. The summed E-state index contributed by atoms with van der Waals surface area (Å²) in [4.78, 5) is 1.53. The predicted molar refractivity (Wildman–Crippen MR) is 93.0 cm³/mol. The van der Waals surface area contributed by atoms with Crippen LogP contribution in [0.2, 0.25) is 0 Å². The molecule has 1 aromatic carbocycles. The van der Waals surface area contributed by atoms with Gasteiger partial charge in [0, 0.05) is 15.7 Å². The molecule has 0 amide bonds. The zero-order chi connectivity index (χ0) is 14.9. The Morgan fingerprint density at radius 3 is 2.67 bits per heavy atom. The molecule has 1 aliphatic carbocycles. The zero-order valence-electron chi connectivity index (χ0n) is 13.7. The summed E-state index contributed by atoms with van der Waals surface area (Å²) in [6.07, 6.45) is 7.01. The zero-order valence-corrected chi connectivity index (χ0v) is 14.5. The van der Waals surface area contributed by atoms with Gasteiger partial charge in [-0.3, -0.25) is 0 Å². The van der Waals surface area contributed by atoms with Gasteiger partial charge in [0.2, 0.25) is 0 Å². The highest BCUT2D eigenvalue weighted by Crippen LogP contribution is 2.43. The van der Waals surface area contributed by atoms with Crippen LogP contribution in [0.5, 0.6) is 0 Å². The monoisotopic (exact) mass is 303 g/mol. The first kappa shape index (κ1) is 15.4. The normalized spacial score (nSPS) is 28.8. The van der Waals surface area contributed by atoms with Crippen LogP contribution in [-0.2, 0) is 6.42 Å². The first-order valence-corrected chi connectivity index (χ1v) is 9.39. The largest absolute Gasteiger partial charge is 0.312 e. The third-order valence-electron chi connectivity index (χ3n) is 4.99. The van der Waals surface area contributed by atoms with Crippen LogP contribution in [0.3, 0.4) is 0 Å². The van der Waals surface area contributed by atoms with Crippen molar-refractivity contribution in [1.29, 1.82) is 0 Å². The maximum atomic E-state index is 3.73. The van der Waals surface area contributed by atoms with E-state index in [0.29, 0.717) is 0 Å². The summed E-state index contributed by atoms with van der Waals surface area (Å²) in [5.74, 6) is 1.83. The number of fused-ring (bicyclic) bond motifs is 1. The molecule has 1 nitrogen and oxygen atoms in total. The van der Waals surface area contributed by atoms with Gasteiger partial charge < -0.3 is 5.32 Å². The number of hydrogen-bond donors (Lipinski definition) is 1. The quantitative estimate of drug-likeness (QED) is 0.849. The Balaban J connectivity index is 1.53. The van der Waals surface area contributed by atoms with Crippen molar-refractivity contribution in [3.63, 3.8) is 0 Å². The summed E-state index contributed by atoms with van der Waals surface area (Å²) in [5, 5.41) is 4.55. The molecule has 0 bridgehead atoms. The Kier molecular flexibility index (Phi) is 4.66. The van der Waals surface area contributed by atoms with Gasteiger partial charge in [-0.05, 0) is 70.0 Å². The van der Waals surface area contributed by atoms with Crippen molar-refractivity contribution in [3.8, 4) is 0 Å². The van der Waals surface area contributed by atoms with E-state index in [0.717, 1.165) is 17.1 Å². The van der Waals surface area contributed by atoms with E-state index in [9.17, 15) is 0 Å². The minimum absolute atomic E-state index is 0.255. The van der Waals surface area contributed by atoms with Gasteiger partial charge in [-0.15, -0.1) is 11.8 Å². The van der Waals surface area contributed by atoms with Gasteiger partial charge in [-0.1, -0.05) is 31.0 Å². The van der Waals surface area contributed by atoms with Crippen molar-refractivity contribution in [2.24, 2.45) is 11.8 Å². The standard InChI is InChI=1S/C19H29NS/c1-19(2,3)20-13-16-9-6-8-14(16)11-17-12-15-7-4-5-10-18(15)21-17/h4-5,7,10,14,16-17,20H,6,8-9,11-13H2,1-3H3. The Bertz CT molecular complexity index is 452. The summed E-state index contributed by atoms with van der Waals surface area (Å²) in [7, 11) is 0. The lowest BCUT2D eigenvalue weighted by Crippen LogP contribution is -2.40. The van der Waals surface area contributed by atoms with E-state index in [4.69, 9.17) is 0 Å². The molecular weight excluding hydrogens is 274 g/mol. The molecule has 3 atom stereocenters. The van der Waals surface area contributed by atoms with Crippen LogP contribution in [0.1, 0.15) is 52.0 Å². The molecule has 1 heterocycles. The number of hydrogen-bond acceptors (Lipinski definition) is 2. The molecule has 1 saturated carbocycles. The lowest BCUT2D eigenvalue weighted by molar-refractivity contribution is 0.305. The van der Waals surface area contributed by atoms with Crippen molar-refractivity contribution in [2.75, 3.05) is 6.54 Å². The number of thioether (sulfide) groups is 1. The second-order valence-electron chi connectivity index (χ2n) is 7.87. The molecule has 3 unspecified atom stereocenters. The molecule has 116 valence electrons. The highest BCUT2D eigenvalue weighted by molar-refractivity contribution is 8.00. The molecule has 1 aromatic rings.